The highest BCUT2D eigenvalue weighted by atomic mass is 15.3. The third-order valence-corrected chi connectivity index (χ3v) is 2.90. The number of hydrogen-bond donors (Lipinski definition) is 1. The molecule has 92 valence electrons. The largest absolute Gasteiger partial charge is 0.197 e. The van der Waals surface area contributed by atoms with Gasteiger partial charge >= 0.3 is 0 Å². The molecule has 0 radical (unpaired) electrons. The average molecular weight is 247 g/mol. The van der Waals surface area contributed by atoms with Crippen LogP contribution in [0.2, 0.25) is 0 Å². The molecule has 2 aromatic carbocycles. The topological polar surface area (TPSA) is 41.6 Å². The van der Waals surface area contributed by atoms with Crippen molar-refractivity contribution in [3.63, 3.8) is 0 Å². The van der Waals surface area contributed by atoms with Gasteiger partial charge < -0.3 is 0 Å². The maximum atomic E-state index is 3.97. The fourth-order valence-electron chi connectivity index (χ4n) is 1.89. The van der Waals surface area contributed by atoms with Crippen LogP contribution in [-0.4, -0.2) is 15.4 Å². The number of nitrogens with one attached hydrogen (secondary N) is 1. The summed E-state index contributed by atoms with van der Waals surface area (Å²) in [4.78, 5) is 0. The molecule has 0 aliphatic rings. The van der Waals surface area contributed by atoms with Gasteiger partial charge in [0.25, 0.3) is 0 Å². The average Bonchev–Trinajstić information content (AvgIpc) is 3.00. The van der Waals surface area contributed by atoms with Gasteiger partial charge in [0.15, 0.2) is 0 Å². The Bertz CT molecular complexity index is 653. The van der Waals surface area contributed by atoms with E-state index in [0.717, 1.165) is 11.3 Å². The molecule has 3 rings (SSSR count). The minimum absolute atomic E-state index is 0.826. The van der Waals surface area contributed by atoms with Gasteiger partial charge in [0.05, 0.1) is 6.20 Å². The standard InChI is InChI=1S/C16H13N3/c1-2-4-14(5-3-1)15-9-6-13(7-10-15)8-11-16-12-17-19-18-16/h1-12H,(H,17,18,19). The summed E-state index contributed by atoms with van der Waals surface area (Å²) in [6, 6.07) is 18.8. The molecular weight excluding hydrogens is 234 g/mol. The van der Waals surface area contributed by atoms with Gasteiger partial charge in [-0.05, 0) is 22.8 Å². The Labute approximate surface area is 111 Å². The van der Waals surface area contributed by atoms with Gasteiger partial charge in [-0.3, -0.25) is 0 Å². The Kier molecular flexibility index (Phi) is 3.19. The first-order valence-electron chi connectivity index (χ1n) is 6.11. The molecule has 0 fully saturated rings. The minimum Gasteiger partial charge on any atom is -0.197 e. The lowest BCUT2D eigenvalue weighted by molar-refractivity contribution is 0.937. The first kappa shape index (κ1) is 11.4. The van der Waals surface area contributed by atoms with Gasteiger partial charge in [-0.15, -0.1) is 0 Å². The van der Waals surface area contributed by atoms with E-state index in [9.17, 15) is 0 Å². The van der Waals surface area contributed by atoms with E-state index < -0.39 is 0 Å². The van der Waals surface area contributed by atoms with Crippen LogP contribution in [0.1, 0.15) is 11.3 Å². The molecule has 0 spiro atoms. The molecule has 1 heterocycles. The maximum Gasteiger partial charge on any atom is 0.105 e. The molecule has 3 nitrogen and oxygen atoms in total. The molecule has 0 saturated heterocycles. The van der Waals surface area contributed by atoms with Gasteiger partial charge in [-0.2, -0.15) is 15.4 Å². The van der Waals surface area contributed by atoms with E-state index in [0.29, 0.717) is 0 Å². The number of nitrogens with zero attached hydrogens (tertiary/aromatic N) is 2. The van der Waals surface area contributed by atoms with Crippen LogP contribution in [0.4, 0.5) is 0 Å². The Balaban J connectivity index is 1.80. The van der Waals surface area contributed by atoms with Crippen molar-refractivity contribution in [2.75, 3.05) is 0 Å². The van der Waals surface area contributed by atoms with Crippen LogP contribution < -0.4 is 0 Å². The highest BCUT2D eigenvalue weighted by Gasteiger charge is 1.96. The number of aromatic amines is 1. The van der Waals surface area contributed by atoms with E-state index in [4.69, 9.17) is 0 Å². The van der Waals surface area contributed by atoms with Gasteiger partial charge in [0.2, 0.25) is 0 Å². The van der Waals surface area contributed by atoms with Crippen LogP contribution in [0.15, 0.2) is 60.8 Å². The predicted molar refractivity (Wildman–Crippen MR) is 77.2 cm³/mol. The van der Waals surface area contributed by atoms with E-state index in [1.54, 1.807) is 6.20 Å². The van der Waals surface area contributed by atoms with Gasteiger partial charge in [0, 0.05) is 0 Å². The fourth-order valence-corrected chi connectivity index (χ4v) is 1.89. The smallest absolute Gasteiger partial charge is 0.105 e. The molecule has 0 aliphatic carbocycles. The van der Waals surface area contributed by atoms with Crippen molar-refractivity contribution in [2.24, 2.45) is 0 Å². The van der Waals surface area contributed by atoms with Crippen molar-refractivity contribution in [3.8, 4) is 11.1 Å². The first-order valence-corrected chi connectivity index (χ1v) is 6.11. The van der Waals surface area contributed by atoms with Gasteiger partial charge in [-0.25, -0.2) is 0 Å². The molecule has 0 atom stereocenters. The Morgan fingerprint density at radius 2 is 1.53 bits per heavy atom. The zero-order chi connectivity index (χ0) is 12.9. The molecule has 3 aromatic rings. The summed E-state index contributed by atoms with van der Waals surface area (Å²) in [6.45, 7) is 0. The lowest BCUT2D eigenvalue weighted by atomic mass is 10.0. The molecule has 0 amide bonds. The van der Waals surface area contributed by atoms with Crippen LogP contribution >= 0.6 is 0 Å². The van der Waals surface area contributed by atoms with Crippen molar-refractivity contribution in [1.29, 1.82) is 0 Å². The predicted octanol–water partition coefficient (Wildman–Crippen LogP) is 3.64. The molecular formula is C16H13N3. The zero-order valence-corrected chi connectivity index (χ0v) is 10.3. The van der Waals surface area contributed by atoms with E-state index in [-0.39, 0.29) is 0 Å². The Hall–Kier alpha value is -2.68. The second-order valence-corrected chi connectivity index (χ2v) is 4.22. The molecule has 1 aromatic heterocycles. The Morgan fingerprint density at radius 1 is 0.789 bits per heavy atom. The summed E-state index contributed by atoms with van der Waals surface area (Å²) in [6.07, 6.45) is 5.64. The maximum absolute atomic E-state index is 3.97. The highest BCUT2D eigenvalue weighted by Crippen LogP contribution is 2.19. The monoisotopic (exact) mass is 247 g/mol. The van der Waals surface area contributed by atoms with E-state index in [1.807, 2.05) is 30.4 Å². The SMILES string of the molecule is C(=Cc1cn[nH]n1)c1ccc(-c2ccccc2)cc1. The highest BCUT2D eigenvalue weighted by molar-refractivity contribution is 5.70. The molecule has 0 unspecified atom stereocenters. The van der Waals surface area contributed by atoms with Gasteiger partial charge in [0.1, 0.15) is 5.69 Å². The first-order chi connectivity index (χ1) is 9.42. The quantitative estimate of drug-likeness (QED) is 0.767. The van der Waals surface area contributed by atoms with E-state index in [1.165, 1.54) is 11.1 Å². The van der Waals surface area contributed by atoms with E-state index in [2.05, 4.69) is 51.8 Å². The molecule has 0 bridgehead atoms. The van der Waals surface area contributed by atoms with Crippen molar-refractivity contribution < 1.29 is 0 Å². The molecule has 0 saturated carbocycles. The Morgan fingerprint density at radius 3 is 2.21 bits per heavy atom. The van der Waals surface area contributed by atoms with E-state index >= 15 is 0 Å². The minimum atomic E-state index is 0.826. The third kappa shape index (κ3) is 2.77. The normalized spacial score (nSPS) is 10.9. The summed E-state index contributed by atoms with van der Waals surface area (Å²) < 4.78 is 0. The summed E-state index contributed by atoms with van der Waals surface area (Å²) in [5.74, 6) is 0. The fraction of sp³-hybridized carbons (Fsp3) is 0. The third-order valence-electron chi connectivity index (χ3n) is 2.90. The summed E-state index contributed by atoms with van der Waals surface area (Å²) in [5.41, 5.74) is 4.42. The zero-order valence-electron chi connectivity index (χ0n) is 10.3. The lowest BCUT2D eigenvalue weighted by Crippen LogP contribution is -1.78. The molecule has 19 heavy (non-hydrogen) atoms. The number of rotatable bonds is 3. The van der Waals surface area contributed by atoms with Crippen LogP contribution in [0.5, 0.6) is 0 Å². The molecule has 0 aliphatic heterocycles. The van der Waals surface area contributed by atoms with Crippen LogP contribution in [0.25, 0.3) is 23.3 Å². The number of benzene rings is 2. The van der Waals surface area contributed by atoms with Crippen molar-refractivity contribution >= 4 is 12.2 Å². The number of H-pyrrole nitrogens is 1. The van der Waals surface area contributed by atoms with Crippen LogP contribution in [0, 0.1) is 0 Å². The van der Waals surface area contributed by atoms with Crippen molar-refractivity contribution in [1.82, 2.24) is 15.4 Å². The second-order valence-electron chi connectivity index (χ2n) is 4.22. The molecule has 1 N–H and O–H groups in total. The van der Waals surface area contributed by atoms with Crippen molar-refractivity contribution in [3.05, 3.63) is 72.1 Å². The number of hydrogen-bond acceptors (Lipinski definition) is 2. The summed E-state index contributed by atoms with van der Waals surface area (Å²) in [7, 11) is 0. The van der Waals surface area contributed by atoms with Gasteiger partial charge in [-0.1, -0.05) is 60.7 Å². The molecule has 3 heteroatoms. The summed E-state index contributed by atoms with van der Waals surface area (Å²) in [5, 5.41) is 10.3. The lowest BCUT2D eigenvalue weighted by Gasteiger charge is -2.01. The summed E-state index contributed by atoms with van der Waals surface area (Å²) >= 11 is 0. The van der Waals surface area contributed by atoms with Crippen LogP contribution in [-0.2, 0) is 0 Å². The van der Waals surface area contributed by atoms with Crippen molar-refractivity contribution in [2.45, 2.75) is 0 Å². The van der Waals surface area contributed by atoms with Crippen LogP contribution in [0.3, 0.4) is 0 Å². The second kappa shape index (κ2) is 5.31. The number of aromatic nitrogens is 3.